The first-order valence-electron chi connectivity index (χ1n) is 5.77. The van der Waals surface area contributed by atoms with Crippen LogP contribution in [0, 0.1) is 6.92 Å². The fraction of sp³-hybridized carbons (Fsp3) is 0.133. The van der Waals surface area contributed by atoms with Crippen LogP contribution in [-0.4, -0.2) is 5.78 Å². The van der Waals surface area contributed by atoms with Gasteiger partial charge >= 0.3 is 6.18 Å². The predicted octanol–water partition coefficient (Wildman–Crippen LogP) is 5.01. The normalized spacial score (nSPS) is 11.4. The first-order valence-corrected chi connectivity index (χ1v) is 6.56. The summed E-state index contributed by atoms with van der Waals surface area (Å²) in [5.74, 6) is -0.428. The molecule has 0 aromatic heterocycles. The van der Waals surface area contributed by atoms with Gasteiger partial charge in [0.25, 0.3) is 0 Å². The van der Waals surface area contributed by atoms with Gasteiger partial charge in [0.15, 0.2) is 5.78 Å². The van der Waals surface area contributed by atoms with Crippen molar-refractivity contribution in [1.29, 1.82) is 0 Å². The zero-order valence-electron chi connectivity index (χ0n) is 10.5. The molecule has 2 aromatic rings. The predicted molar refractivity (Wildman–Crippen MR) is 73.8 cm³/mol. The third-order valence-electron chi connectivity index (χ3n) is 2.85. The maximum Gasteiger partial charge on any atom is 0.417 e. The lowest BCUT2D eigenvalue weighted by Gasteiger charge is -2.10. The Morgan fingerprint density at radius 3 is 2.10 bits per heavy atom. The van der Waals surface area contributed by atoms with E-state index in [0.717, 1.165) is 11.6 Å². The van der Waals surface area contributed by atoms with Crippen LogP contribution in [0.2, 0.25) is 0 Å². The Morgan fingerprint density at radius 2 is 1.55 bits per heavy atom. The number of hydrogen-bond acceptors (Lipinski definition) is 1. The van der Waals surface area contributed by atoms with E-state index in [-0.39, 0.29) is 10.0 Å². The quantitative estimate of drug-likeness (QED) is 0.701. The monoisotopic (exact) mass is 342 g/mol. The number of hydrogen-bond donors (Lipinski definition) is 0. The number of carbonyl (C=O) groups excluding carboxylic acids is 1. The molecule has 0 fully saturated rings. The Kier molecular flexibility index (Phi) is 3.99. The summed E-state index contributed by atoms with van der Waals surface area (Å²) in [7, 11) is 0. The standard InChI is InChI=1S/C15H10BrF3O/c1-9-2-4-10(5-3-9)14(20)11-6-7-13(16)12(8-11)15(17,18)19/h2-8H,1H3. The van der Waals surface area contributed by atoms with E-state index in [0.29, 0.717) is 5.56 Å². The molecule has 0 bridgehead atoms. The number of benzene rings is 2. The molecule has 0 spiro atoms. The number of aryl methyl sites for hydroxylation is 1. The third kappa shape index (κ3) is 3.10. The molecule has 0 aliphatic rings. The second-order valence-corrected chi connectivity index (χ2v) is 5.24. The molecule has 104 valence electrons. The summed E-state index contributed by atoms with van der Waals surface area (Å²) in [4.78, 5) is 12.2. The second-order valence-electron chi connectivity index (χ2n) is 4.39. The highest BCUT2D eigenvalue weighted by Gasteiger charge is 2.33. The van der Waals surface area contributed by atoms with Crippen molar-refractivity contribution < 1.29 is 18.0 Å². The number of rotatable bonds is 2. The molecule has 5 heteroatoms. The van der Waals surface area contributed by atoms with Crippen molar-refractivity contribution in [1.82, 2.24) is 0 Å². The van der Waals surface area contributed by atoms with E-state index in [1.165, 1.54) is 12.1 Å². The van der Waals surface area contributed by atoms with E-state index < -0.39 is 17.5 Å². The summed E-state index contributed by atoms with van der Waals surface area (Å²) in [6.07, 6.45) is -4.50. The summed E-state index contributed by atoms with van der Waals surface area (Å²) < 4.78 is 38.3. The van der Waals surface area contributed by atoms with Gasteiger partial charge in [-0.3, -0.25) is 4.79 Å². The highest BCUT2D eigenvalue weighted by atomic mass is 79.9. The topological polar surface area (TPSA) is 17.1 Å². The van der Waals surface area contributed by atoms with E-state index in [1.54, 1.807) is 24.3 Å². The van der Waals surface area contributed by atoms with Gasteiger partial charge in [0.1, 0.15) is 0 Å². The van der Waals surface area contributed by atoms with Crippen molar-refractivity contribution in [3.8, 4) is 0 Å². The van der Waals surface area contributed by atoms with E-state index >= 15 is 0 Å². The molecule has 20 heavy (non-hydrogen) atoms. The van der Waals surface area contributed by atoms with Crippen molar-refractivity contribution in [2.24, 2.45) is 0 Å². The molecular weight excluding hydrogens is 333 g/mol. The number of alkyl halides is 3. The first kappa shape index (κ1) is 14.8. The first-order chi connectivity index (χ1) is 9.29. The Morgan fingerprint density at radius 1 is 1.00 bits per heavy atom. The second kappa shape index (κ2) is 5.40. The van der Waals surface area contributed by atoms with E-state index in [4.69, 9.17) is 0 Å². The van der Waals surface area contributed by atoms with Crippen LogP contribution >= 0.6 is 15.9 Å². The summed E-state index contributed by atoms with van der Waals surface area (Å²) >= 11 is 2.85. The van der Waals surface area contributed by atoms with Crippen LogP contribution in [0.5, 0.6) is 0 Å². The summed E-state index contributed by atoms with van der Waals surface area (Å²) in [5, 5.41) is 0. The molecule has 0 aliphatic carbocycles. The lowest BCUT2D eigenvalue weighted by Crippen LogP contribution is -2.09. The van der Waals surface area contributed by atoms with Gasteiger partial charge in [-0.25, -0.2) is 0 Å². The zero-order chi connectivity index (χ0) is 14.9. The molecule has 2 aromatic carbocycles. The molecule has 0 saturated carbocycles. The average Bonchev–Trinajstić information content (AvgIpc) is 2.38. The van der Waals surface area contributed by atoms with Crippen LogP contribution < -0.4 is 0 Å². The van der Waals surface area contributed by atoms with Gasteiger partial charge in [-0.2, -0.15) is 13.2 Å². The number of ketones is 1. The minimum absolute atomic E-state index is 0.0179. The molecule has 2 rings (SSSR count). The van der Waals surface area contributed by atoms with E-state index in [2.05, 4.69) is 15.9 Å². The lowest BCUT2D eigenvalue weighted by molar-refractivity contribution is -0.138. The number of carbonyl (C=O) groups is 1. The summed E-state index contributed by atoms with van der Waals surface area (Å²) in [6, 6.07) is 10.2. The Labute approximate surface area is 122 Å². The SMILES string of the molecule is Cc1ccc(C(=O)c2ccc(Br)c(C(F)(F)F)c2)cc1. The molecule has 0 amide bonds. The van der Waals surface area contributed by atoms with Gasteiger partial charge in [-0.15, -0.1) is 0 Å². The molecule has 1 nitrogen and oxygen atoms in total. The third-order valence-corrected chi connectivity index (χ3v) is 3.54. The highest BCUT2D eigenvalue weighted by Crippen LogP contribution is 2.35. The van der Waals surface area contributed by atoms with Crippen molar-refractivity contribution in [3.63, 3.8) is 0 Å². The molecule has 0 radical (unpaired) electrons. The van der Waals surface area contributed by atoms with Crippen LogP contribution in [0.25, 0.3) is 0 Å². The van der Waals surface area contributed by atoms with Crippen LogP contribution in [0.3, 0.4) is 0 Å². The van der Waals surface area contributed by atoms with Crippen molar-refractivity contribution in [2.45, 2.75) is 13.1 Å². The lowest BCUT2D eigenvalue weighted by atomic mass is 10.0. The highest BCUT2D eigenvalue weighted by molar-refractivity contribution is 9.10. The molecule has 0 atom stereocenters. The minimum Gasteiger partial charge on any atom is -0.289 e. The van der Waals surface area contributed by atoms with Gasteiger partial charge in [0.05, 0.1) is 5.56 Å². The van der Waals surface area contributed by atoms with Crippen LogP contribution in [0.15, 0.2) is 46.9 Å². The van der Waals surface area contributed by atoms with Crippen molar-refractivity contribution >= 4 is 21.7 Å². The maximum atomic E-state index is 12.8. The molecule has 0 aliphatic heterocycles. The van der Waals surface area contributed by atoms with Crippen LogP contribution in [0.1, 0.15) is 27.0 Å². The fourth-order valence-electron chi connectivity index (χ4n) is 1.76. The fourth-order valence-corrected chi connectivity index (χ4v) is 2.23. The smallest absolute Gasteiger partial charge is 0.289 e. The summed E-state index contributed by atoms with van der Waals surface area (Å²) in [6.45, 7) is 1.87. The number of halogens is 4. The Balaban J connectivity index is 2.43. The molecule has 0 N–H and O–H groups in total. The molecule has 0 saturated heterocycles. The molecule has 0 heterocycles. The molecule has 0 unspecified atom stereocenters. The van der Waals surface area contributed by atoms with Crippen LogP contribution in [0.4, 0.5) is 13.2 Å². The van der Waals surface area contributed by atoms with Gasteiger partial charge in [0, 0.05) is 15.6 Å². The minimum atomic E-state index is -4.50. The van der Waals surface area contributed by atoms with Gasteiger partial charge in [-0.05, 0) is 25.1 Å². The zero-order valence-corrected chi connectivity index (χ0v) is 12.0. The van der Waals surface area contributed by atoms with E-state index in [1.807, 2.05) is 6.92 Å². The van der Waals surface area contributed by atoms with E-state index in [9.17, 15) is 18.0 Å². The van der Waals surface area contributed by atoms with Gasteiger partial charge in [-0.1, -0.05) is 45.8 Å². The molecular formula is C15H10BrF3O. The van der Waals surface area contributed by atoms with Crippen molar-refractivity contribution in [3.05, 3.63) is 69.2 Å². The van der Waals surface area contributed by atoms with Gasteiger partial charge in [0.2, 0.25) is 0 Å². The average molecular weight is 343 g/mol. The maximum absolute atomic E-state index is 12.8. The van der Waals surface area contributed by atoms with Gasteiger partial charge < -0.3 is 0 Å². The Bertz CT molecular complexity index is 645. The largest absolute Gasteiger partial charge is 0.417 e. The van der Waals surface area contributed by atoms with Crippen molar-refractivity contribution in [2.75, 3.05) is 0 Å². The summed E-state index contributed by atoms with van der Waals surface area (Å²) in [5.41, 5.74) is 0.513. The Hall–Kier alpha value is -1.62. The van der Waals surface area contributed by atoms with Crippen LogP contribution in [-0.2, 0) is 6.18 Å².